The maximum absolute atomic E-state index is 13.8. The van der Waals surface area contributed by atoms with Crippen LogP contribution in [0.4, 0.5) is 5.69 Å². The molecule has 0 saturated heterocycles. The summed E-state index contributed by atoms with van der Waals surface area (Å²) >= 11 is 6.39. The smallest absolute Gasteiger partial charge is 0.244 e. The Balaban J connectivity index is 2.48. The molecule has 0 aliphatic heterocycles. The molecule has 2 aromatic carbocycles. The van der Waals surface area contributed by atoms with Gasteiger partial charge in [-0.15, -0.1) is 0 Å². The average Bonchev–Trinajstić information content (AvgIpc) is 2.76. The van der Waals surface area contributed by atoms with Gasteiger partial charge in [0.25, 0.3) is 0 Å². The third-order valence-electron chi connectivity index (χ3n) is 5.88. The van der Waals surface area contributed by atoms with Gasteiger partial charge >= 0.3 is 0 Å². The second-order valence-corrected chi connectivity index (χ2v) is 13.7. The van der Waals surface area contributed by atoms with Crippen molar-refractivity contribution in [2.24, 2.45) is 0 Å². The lowest BCUT2D eigenvalue weighted by molar-refractivity contribution is -0.141. The van der Waals surface area contributed by atoms with Crippen LogP contribution in [0.3, 0.4) is 0 Å². The fourth-order valence-corrected chi connectivity index (χ4v) is 4.97. The summed E-state index contributed by atoms with van der Waals surface area (Å²) in [6.07, 6.45) is 1.41. The van der Waals surface area contributed by atoms with Crippen LogP contribution >= 0.6 is 11.6 Å². The SMILES string of the molecule is CC[C@@H](C(=O)NC(C)(C)C)N(Cc1ccccc1Cl)C(=O)CN(c1ccc(C(C)(C)C)cc1)S(C)(=O)=O. The van der Waals surface area contributed by atoms with E-state index >= 15 is 0 Å². The van der Waals surface area contributed by atoms with E-state index in [0.717, 1.165) is 16.1 Å². The lowest BCUT2D eigenvalue weighted by Crippen LogP contribution is -2.55. The monoisotopic (exact) mass is 549 g/mol. The van der Waals surface area contributed by atoms with Gasteiger partial charge < -0.3 is 10.2 Å². The number of nitrogens with zero attached hydrogens (tertiary/aromatic N) is 2. The molecule has 0 heterocycles. The maximum atomic E-state index is 13.8. The molecule has 1 atom stereocenters. The van der Waals surface area contributed by atoms with Crippen LogP contribution in [0.2, 0.25) is 5.02 Å². The minimum Gasteiger partial charge on any atom is -0.350 e. The lowest BCUT2D eigenvalue weighted by Gasteiger charge is -2.34. The minimum absolute atomic E-state index is 0.0646. The molecule has 0 fully saturated rings. The Kier molecular flexibility index (Phi) is 9.82. The predicted octanol–water partition coefficient (Wildman–Crippen LogP) is 5.13. The van der Waals surface area contributed by atoms with Crippen LogP contribution in [0.25, 0.3) is 0 Å². The molecule has 0 aliphatic rings. The number of hydrogen-bond acceptors (Lipinski definition) is 4. The molecule has 0 bridgehead atoms. The number of rotatable bonds is 9. The zero-order chi connectivity index (χ0) is 28.2. The number of nitrogens with one attached hydrogen (secondary N) is 1. The van der Waals surface area contributed by atoms with Crippen molar-refractivity contribution in [3.8, 4) is 0 Å². The molecule has 37 heavy (non-hydrogen) atoms. The fraction of sp³-hybridized carbons (Fsp3) is 0.500. The van der Waals surface area contributed by atoms with Crippen molar-refractivity contribution < 1.29 is 18.0 Å². The number of carbonyl (C=O) groups is 2. The van der Waals surface area contributed by atoms with Crippen molar-refractivity contribution in [3.05, 3.63) is 64.7 Å². The van der Waals surface area contributed by atoms with E-state index in [1.807, 2.05) is 39.8 Å². The Morgan fingerprint density at radius 1 is 0.973 bits per heavy atom. The van der Waals surface area contributed by atoms with Crippen molar-refractivity contribution in [2.75, 3.05) is 17.1 Å². The Hall–Kier alpha value is -2.58. The molecular weight excluding hydrogens is 510 g/mol. The quantitative estimate of drug-likeness (QED) is 0.470. The summed E-state index contributed by atoms with van der Waals surface area (Å²) in [6.45, 7) is 13.2. The highest BCUT2D eigenvalue weighted by atomic mass is 35.5. The van der Waals surface area contributed by atoms with E-state index in [1.165, 1.54) is 4.90 Å². The molecule has 7 nitrogen and oxygen atoms in total. The predicted molar refractivity (Wildman–Crippen MR) is 151 cm³/mol. The topological polar surface area (TPSA) is 86.8 Å². The number of anilines is 1. The van der Waals surface area contributed by atoms with Crippen LogP contribution in [0.1, 0.15) is 66.0 Å². The van der Waals surface area contributed by atoms with Crippen LogP contribution in [-0.2, 0) is 31.6 Å². The number of amides is 2. The number of carbonyl (C=O) groups excluding carboxylic acids is 2. The first-order chi connectivity index (χ1) is 16.9. The Morgan fingerprint density at radius 2 is 1.54 bits per heavy atom. The van der Waals surface area contributed by atoms with Gasteiger partial charge in [-0.25, -0.2) is 8.42 Å². The van der Waals surface area contributed by atoms with E-state index in [0.29, 0.717) is 22.7 Å². The summed E-state index contributed by atoms with van der Waals surface area (Å²) in [7, 11) is -3.80. The first-order valence-electron chi connectivity index (χ1n) is 12.4. The molecule has 0 radical (unpaired) electrons. The second kappa shape index (κ2) is 11.9. The highest BCUT2D eigenvalue weighted by Crippen LogP contribution is 2.27. The molecule has 0 spiro atoms. The second-order valence-electron chi connectivity index (χ2n) is 11.3. The van der Waals surface area contributed by atoms with E-state index < -0.39 is 34.1 Å². The van der Waals surface area contributed by atoms with E-state index in [4.69, 9.17) is 11.6 Å². The van der Waals surface area contributed by atoms with Crippen molar-refractivity contribution in [1.82, 2.24) is 10.2 Å². The number of halogens is 1. The largest absolute Gasteiger partial charge is 0.350 e. The third-order valence-corrected chi connectivity index (χ3v) is 7.39. The summed E-state index contributed by atoms with van der Waals surface area (Å²) < 4.78 is 26.7. The normalized spacial score (nSPS) is 13.1. The molecule has 0 aromatic heterocycles. The van der Waals surface area contributed by atoms with Gasteiger partial charge in [-0.05, 0) is 61.9 Å². The first-order valence-corrected chi connectivity index (χ1v) is 14.6. The van der Waals surface area contributed by atoms with Gasteiger partial charge in [0.2, 0.25) is 21.8 Å². The van der Waals surface area contributed by atoms with Crippen LogP contribution in [0.5, 0.6) is 0 Å². The molecule has 2 amide bonds. The number of sulfonamides is 1. The molecule has 0 aliphatic carbocycles. The standard InChI is InChI=1S/C28H40ClN3O4S/c1-9-24(26(34)30-28(5,6)7)31(18-20-12-10-11-13-23(20)29)25(33)19-32(37(8,35)36)22-16-14-21(15-17-22)27(2,3)4/h10-17,24H,9,18-19H2,1-8H3,(H,30,34)/t24-/m0/s1. The van der Waals surface area contributed by atoms with Gasteiger partial charge in [0.05, 0.1) is 11.9 Å². The molecule has 1 N–H and O–H groups in total. The molecule has 2 aromatic rings. The number of benzene rings is 2. The maximum Gasteiger partial charge on any atom is 0.244 e. The third kappa shape index (κ3) is 8.75. The Bertz CT molecular complexity index is 1200. The van der Waals surface area contributed by atoms with Crippen LogP contribution in [-0.4, -0.2) is 49.5 Å². The number of hydrogen-bond donors (Lipinski definition) is 1. The first kappa shape index (κ1) is 30.6. The summed E-state index contributed by atoms with van der Waals surface area (Å²) in [5.74, 6) is -0.808. The van der Waals surface area contributed by atoms with Crippen molar-refractivity contribution in [3.63, 3.8) is 0 Å². The van der Waals surface area contributed by atoms with Gasteiger partial charge in [-0.2, -0.15) is 0 Å². The summed E-state index contributed by atoms with van der Waals surface area (Å²) in [5, 5.41) is 3.41. The average molecular weight is 550 g/mol. The Labute approximate surface area is 227 Å². The molecular formula is C28H40ClN3O4S. The van der Waals surface area contributed by atoms with Crippen LogP contribution in [0, 0.1) is 0 Å². The van der Waals surface area contributed by atoms with E-state index in [1.54, 1.807) is 36.4 Å². The Morgan fingerprint density at radius 3 is 2.00 bits per heavy atom. The highest BCUT2D eigenvalue weighted by molar-refractivity contribution is 7.92. The van der Waals surface area contributed by atoms with E-state index in [9.17, 15) is 18.0 Å². The highest BCUT2D eigenvalue weighted by Gasteiger charge is 2.33. The lowest BCUT2D eigenvalue weighted by atomic mass is 9.87. The summed E-state index contributed by atoms with van der Waals surface area (Å²) in [4.78, 5) is 28.4. The zero-order valence-corrected chi connectivity index (χ0v) is 24.7. The van der Waals surface area contributed by atoms with Gasteiger partial charge in [0, 0.05) is 17.1 Å². The molecule has 0 unspecified atom stereocenters. The van der Waals surface area contributed by atoms with Crippen molar-refractivity contribution in [1.29, 1.82) is 0 Å². The van der Waals surface area contributed by atoms with Gasteiger partial charge in [-0.3, -0.25) is 13.9 Å². The van der Waals surface area contributed by atoms with Gasteiger partial charge in [-0.1, -0.05) is 69.6 Å². The van der Waals surface area contributed by atoms with Gasteiger partial charge in [0.15, 0.2) is 0 Å². The molecule has 9 heteroatoms. The fourth-order valence-electron chi connectivity index (χ4n) is 3.92. The summed E-state index contributed by atoms with van der Waals surface area (Å²) in [5.41, 5.74) is 1.48. The van der Waals surface area contributed by atoms with E-state index in [2.05, 4.69) is 26.1 Å². The van der Waals surface area contributed by atoms with Crippen molar-refractivity contribution in [2.45, 2.75) is 78.4 Å². The van der Waals surface area contributed by atoms with Crippen LogP contribution in [0.15, 0.2) is 48.5 Å². The summed E-state index contributed by atoms with van der Waals surface area (Å²) in [6, 6.07) is 13.4. The van der Waals surface area contributed by atoms with Gasteiger partial charge in [0.1, 0.15) is 12.6 Å². The minimum atomic E-state index is -3.80. The molecule has 204 valence electrons. The van der Waals surface area contributed by atoms with Crippen LogP contribution < -0.4 is 9.62 Å². The zero-order valence-electron chi connectivity index (χ0n) is 23.1. The molecule has 2 rings (SSSR count). The van der Waals surface area contributed by atoms with E-state index in [-0.39, 0.29) is 17.9 Å². The molecule has 0 saturated carbocycles. The van der Waals surface area contributed by atoms with Crippen molar-refractivity contribution >= 4 is 39.1 Å².